The number of ether oxygens (including phenoxy) is 2. The Kier molecular flexibility index (Phi) is 4.47. The molecule has 0 saturated heterocycles. The van der Waals surface area contributed by atoms with Crippen molar-refractivity contribution in [2.75, 3.05) is 7.11 Å². The normalized spacial score (nSPS) is 18.4. The molecule has 2 aromatic carbocycles. The number of carbonyl (C=O) groups is 1. The molecule has 1 aliphatic rings. The first kappa shape index (κ1) is 16.8. The van der Waals surface area contributed by atoms with E-state index in [0.29, 0.717) is 0 Å². The summed E-state index contributed by atoms with van der Waals surface area (Å²) in [4.78, 5) is 13.0. The minimum absolute atomic E-state index is 0.0536. The van der Waals surface area contributed by atoms with Gasteiger partial charge in [-0.1, -0.05) is 24.3 Å². The largest absolute Gasteiger partial charge is 0.497 e. The van der Waals surface area contributed by atoms with Gasteiger partial charge in [-0.3, -0.25) is 4.79 Å². The van der Waals surface area contributed by atoms with Crippen molar-refractivity contribution < 1.29 is 14.3 Å². The average Bonchev–Trinajstić information content (AvgIpc) is 3.10. The van der Waals surface area contributed by atoms with Gasteiger partial charge in [-0.2, -0.15) is 0 Å². The van der Waals surface area contributed by atoms with Gasteiger partial charge in [0.2, 0.25) is 0 Å². The van der Waals surface area contributed by atoms with E-state index in [1.54, 1.807) is 18.9 Å². The summed E-state index contributed by atoms with van der Waals surface area (Å²) in [6, 6.07) is 20.2. The molecule has 0 fully saturated rings. The lowest BCUT2D eigenvalue weighted by atomic mass is 10.0. The molecule has 132 valence electrons. The molecule has 0 N–H and O–H groups in total. The number of nitrogens with zero attached hydrogens (tertiary/aromatic N) is 1. The maximum atomic E-state index is 11.8. The fourth-order valence-electron chi connectivity index (χ4n) is 3.29. The van der Waals surface area contributed by atoms with Crippen LogP contribution >= 0.6 is 11.8 Å². The van der Waals surface area contributed by atoms with Crippen molar-refractivity contribution in [2.24, 2.45) is 0 Å². The van der Waals surface area contributed by atoms with E-state index < -0.39 is 0 Å². The summed E-state index contributed by atoms with van der Waals surface area (Å²) < 4.78 is 13.2. The van der Waals surface area contributed by atoms with E-state index in [4.69, 9.17) is 9.47 Å². The summed E-state index contributed by atoms with van der Waals surface area (Å²) in [6.07, 6.45) is 1.63. The molecule has 0 radical (unpaired) electrons. The number of para-hydroxylation sites is 1. The number of hydrogen-bond donors (Lipinski definition) is 0. The molecule has 2 heterocycles. The Hall–Kier alpha value is -2.66. The monoisotopic (exact) mass is 365 g/mol. The van der Waals surface area contributed by atoms with Crippen molar-refractivity contribution in [1.29, 1.82) is 0 Å². The van der Waals surface area contributed by atoms with Gasteiger partial charge in [0.15, 0.2) is 6.10 Å². The van der Waals surface area contributed by atoms with Gasteiger partial charge >= 0.3 is 5.97 Å². The highest BCUT2D eigenvalue weighted by Crippen LogP contribution is 2.50. The lowest BCUT2D eigenvalue weighted by Crippen LogP contribution is -2.16. The zero-order valence-corrected chi connectivity index (χ0v) is 15.4. The number of fused-ring (bicyclic) bond motifs is 3. The summed E-state index contributed by atoms with van der Waals surface area (Å²) in [5, 5.41) is -0.0536. The van der Waals surface area contributed by atoms with Crippen LogP contribution in [0.4, 0.5) is 0 Å². The van der Waals surface area contributed by atoms with E-state index in [1.807, 2.05) is 54.7 Å². The molecule has 5 heteroatoms. The third-order valence-corrected chi connectivity index (χ3v) is 5.84. The third-order valence-electron chi connectivity index (χ3n) is 4.46. The summed E-state index contributed by atoms with van der Waals surface area (Å²) in [5.74, 6) is 0.521. The van der Waals surface area contributed by atoms with Gasteiger partial charge in [0, 0.05) is 18.0 Å². The average molecular weight is 365 g/mol. The van der Waals surface area contributed by atoms with Crippen molar-refractivity contribution >= 4 is 17.7 Å². The molecule has 0 bridgehead atoms. The first-order chi connectivity index (χ1) is 12.7. The molecular formula is C21H19NO3S. The number of thioether (sulfide) groups is 1. The van der Waals surface area contributed by atoms with Crippen molar-refractivity contribution in [3.05, 3.63) is 78.1 Å². The van der Waals surface area contributed by atoms with Crippen LogP contribution in [0, 0.1) is 0 Å². The minimum Gasteiger partial charge on any atom is -0.497 e. The molecule has 1 aliphatic heterocycles. The Bertz CT molecular complexity index is 932. The van der Waals surface area contributed by atoms with Crippen LogP contribution < -0.4 is 4.74 Å². The number of aromatic nitrogens is 1. The second-order valence-electron chi connectivity index (χ2n) is 6.11. The van der Waals surface area contributed by atoms with Gasteiger partial charge in [-0.15, -0.1) is 11.8 Å². The SMILES string of the molecule is COc1ccc([C@@H]2Sc3ccccc3-n3cccc3[C@@H]2OC(C)=O)cc1. The van der Waals surface area contributed by atoms with Crippen LogP contribution in [0.1, 0.15) is 29.5 Å². The van der Waals surface area contributed by atoms with Gasteiger partial charge in [-0.05, 0) is 42.0 Å². The number of benzene rings is 2. The molecule has 2 atom stereocenters. The van der Waals surface area contributed by atoms with E-state index in [2.05, 4.69) is 16.7 Å². The second kappa shape index (κ2) is 6.92. The van der Waals surface area contributed by atoms with Gasteiger partial charge in [-0.25, -0.2) is 0 Å². The second-order valence-corrected chi connectivity index (χ2v) is 7.30. The summed E-state index contributed by atoms with van der Waals surface area (Å²) in [5.41, 5.74) is 3.16. The molecule has 4 rings (SSSR count). The Labute approximate surface area is 156 Å². The summed E-state index contributed by atoms with van der Waals surface area (Å²) in [6.45, 7) is 1.46. The number of methoxy groups -OCH3 is 1. The smallest absolute Gasteiger partial charge is 0.303 e. The highest BCUT2D eigenvalue weighted by Gasteiger charge is 2.34. The standard InChI is InChI=1S/C21H19NO3S/c1-14(23)25-20-18-7-5-13-22(18)17-6-3-4-8-19(17)26-21(20)15-9-11-16(24-2)12-10-15/h3-13,20-21H,1-2H3/t20-,21-/m0/s1. The van der Waals surface area contributed by atoms with Crippen LogP contribution in [0.25, 0.3) is 5.69 Å². The first-order valence-corrected chi connectivity index (χ1v) is 9.30. The number of carbonyl (C=O) groups excluding carboxylic acids is 1. The van der Waals surface area contributed by atoms with Crippen molar-refractivity contribution in [3.8, 4) is 11.4 Å². The predicted octanol–water partition coefficient (Wildman–Crippen LogP) is 4.94. The molecule has 26 heavy (non-hydrogen) atoms. The number of rotatable bonds is 3. The Morgan fingerprint density at radius 3 is 2.54 bits per heavy atom. The highest BCUT2D eigenvalue weighted by molar-refractivity contribution is 7.99. The molecule has 0 amide bonds. The number of hydrogen-bond acceptors (Lipinski definition) is 4. The zero-order chi connectivity index (χ0) is 18.1. The van der Waals surface area contributed by atoms with Crippen LogP contribution in [0.15, 0.2) is 71.8 Å². The molecule has 4 nitrogen and oxygen atoms in total. The molecular weight excluding hydrogens is 346 g/mol. The molecule has 0 spiro atoms. The minimum atomic E-state index is -0.381. The van der Waals surface area contributed by atoms with Gasteiger partial charge in [0.05, 0.1) is 23.7 Å². The van der Waals surface area contributed by atoms with E-state index in [-0.39, 0.29) is 17.3 Å². The summed E-state index contributed by atoms with van der Waals surface area (Å²) in [7, 11) is 1.65. The number of esters is 1. The van der Waals surface area contributed by atoms with Crippen molar-refractivity contribution in [3.63, 3.8) is 0 Å². The van der Waals surface area contributed by atoms with Crippen molar-refractivity contribution in [1.82, 2.24) is 4.57 Å². The molecule has 0 aliphatic carbocycles. The Morgan fingerprint density at radius 2 is 1.81 bits per heavy atom. The third kappa shape index (κ3) is 2.99. The molecule has 3 aromatic rings. The lowest BCUT2D eigenvalue weighted by molar-refractivity contribution is -0.147. The topological polar surface area (TPSA) is 40.5 Å². The van der Waals surface area contributed by atoms with Crippen LogP contribution in [0.5, 0.6) is 5.75 Å². The highest BCUT2D eigenvalue weighted by atomic mass is 32.2. The molecule has 0 saturated carbocycles. The van der Waals surface area contributed by atoms with Crippen LogP contribution in [-0.4, -0.2) is 17.6 Å². The molecule has 0 unspecified atom stereocenters. The van der Waals surface area contributed by atoms with Gasteiger partial charge in [0.25, 0.3) is 0 Å². The predicted molar refractivity (Wildman–Crippen MR) is 102 cm³/mol. The van der Waals surface area contributed by atoms with E-state index in [9.17, 15) is 4.79 Å². The van der Waals surface area contributed by atoms with Gasteiger partial charge in [0.1, 0.15) is 5.75 Å². The fraction of sp³-hybridized carbons (Fsp3) is 0.190. The molecule has 1 aromatic heterocycles. The maximum absolute atomic E-state index is 11.8. The summed E-state index contributed by atoms with van der Waals surface area (Å²) >= 11 is 1.72. The Balaban J connectivity index is 1.86. The van der Waals surface area contributed by atoms with Crippen molar-refractivity contribution in [2.45, 2.75) is 23.2 Å². The van der Waals surface area contributed by atoms with E-state index in [1.165, 1.54) is 6.92 Å². The van der Waals surface area contributed by atoms with Gasteiger partial charge < -0.3 is 14.0 Å². The lowest BCUT2D eigenvalue weighted by Gasteiger charge is -2.25. The zero-order valence-electron chi connectivity index (χ0n) is 14.6. The van der Waals surface area contributed by atoms with E-state index in [0.717, 1.165) is 27.6 Å². The van der Waals surface area contributed by atoms with E-state index >= 15 is 0 Å². The first-order valence-electron chi connectivity index (χ1n) is 8.42. The Morgan fingerprint density at radius 1 is 1.04 bits per heavy atom. The maximum Gasteiger partial charge on any atom is 0.303 e. The fourth-order valence-corrected chi connectivity index (χ4v) is 4.62. The van der Waals surface area contributed by atoms with Crippen LogP contribution in [0.2, 0.25) is 0 Å². The van der Waals surface area contributed by atoms with Crippen LogP contribution in [-0.2, 0) is 9.53 Å². The quantitative estimate of drug-likeness (QED) is 0.617. The van der Waals surface area contributed by atoms with Crippen LogP contribution in [0.3, 0.4) is 0 Å².